The van der Waals surface area contributed by atoms with Gasteiger partial charge in [0.2, 0.25) is 5.91 Å². The fourth-order valence-electron chi connectivity index (χ4n) is 2.29. The van der Waals surface area contributed by atoms with E-state index in [2.05, 4.69) is 18.8 Å². The summed E-state index contributed by atoms with van der Waals surface area (Å²) in [5, 5.41) is 3.97. The summed E-state index contributed by atoms with van der Waals surface area (Å²) in [5.74, 6) is -0.603. The molecule has 0 aliphatic rings. The molecule has 0 radical (unpaired) electrons. The van der Waals surface area contributed by atoms with Crippen LogP contribution in [0.4, 0.5) is 18.0 Å². The molecule has 0 unspecified atom stereocenters. The second-order valence-corrected chi connectivity index (χ2v) is 6.87. The Bertz CT molecular complexity index is 805. The summed E-state index contributed by atoms with van der Waals surface area (Å²) < 4.78 is 37.9. The first-order chi connectivity index (χ1) is 12.7. The van der Waals surface area contributed by atoms with Crippen molar-refractivity contribution < 1.29 is 22.8 Å². The van der Waals surface area contributed by atoms with Gasteiger partial charge in [0.05, 0.1) is 11.4 Å². The Kier molecular flexibility index (Phi) is 6.89. The Morgan fingerprint density at radius 1 is 1.26 bits per heavy atom. The van der Waals surface area contributed by atoms with Crippen LogP contribution in [0.1, 0.15) is 25.3 Å². The molecule has 2 rings (SSSR count). The largest absolute Gasteiger partial charge is 0.405 e. The summed E-state index contributed by atoms with van der Waals surface area (Å²) in [6.45, 7) is 2.63. The van der Waals surface area contributed by atoms with E-state index in [0.29, 0.717) is 5.16 Å². The Morgan fingerprint density at radius 3 is 2.63 bits per heavy atom. The van der Waals surface area contributed by atoms with Crippen molar-refractivity contribution in [1.29, 1.82) is 0 Å². The molecule has 146 valence electrons. The topological polar surface area (TPSA) is 76.0 Å². The van der Waals surface area contributed by atoms with Gasteiger partial charge in [-0.3, -0.25) is 14.7 Å². The lowest BCUT2D eigenvalue weighted by Gasteiger charge is -2.15. The van der Waals surface area contributed by atoms with Gasteiger partial charge in [0.25, 0.3) is 0 Å². The first kappa shape index (κ1) is 20.8. The Balaban J connectivity index is 1.98. The number of benzene rings is 1. The number of nitrogens with zero attached hydrogens (tertiary/aromatic N) is 2. The Hall–Kier alpha value is -2.49. The number of imidazole rings is 1. The molecule has 2 aromatic rings. The molecule has 0 spiro atoms. The minimum Gasteiger partial charge on any atom is -0.329 e. The highest BCUT2D eigenvalue weighted by Gasteiger charge is 2.28. The van der Waals surface area contributed by atoms with Crippen molar-refractivity contribution in [2.45, 2.75) is 31.1 Å². The van der Waals surface area contributed by atoms with Crippen molar-refractivity contribution in [1.82, 2.24) is 20.2 Å². The zero-order chi connectivity index (χ0) is 20.0. The van der Waals surface area contributed by atoms with Crippen LogP contribution in [0.15, 0.2) is 41.8 Å². The number of thioether (sulfide) groups is 1. The Morgan fingerprint density at radius 2 is 1.96 bits per heavy atom. The molecule has 2 N–H and O–H groups in total. The van der Waals surface area contributed by atoms with E-state index < -0.39 is 24.7 Å². The molecule has 0 bridgehead atoms. The second kappa shape index (κ2) is 8.94. The number of alkyl halides is 3. The minimum absolute atomic E-state index is 0.166. The SMILES string of the molecule is CC(C)c1ccccc1-n1ccnc1SCC(=O)NC(=O)NCC(F)(F)F. The summed E-state index contributed by atoms with van der Waals surface area (Å²) in [6.07, 6.45) is -1.19. The van der Waals surface area contributed by atoms with E-state index in [9.17, 15) is 22.8 Å². The van der Waals surface area contributed by atoms with Gasteiger partial charge in [-0.1, -0.05) is 43.8 Å². The molecule has 0 saturated heterocycles. The van der Waals surface area contributed by atoms with Gasteiger partial charge in [-0.15, -0.1) is 0 Å². The number of halogens is 3. The number of carbonyl (C=O) groups is 2. The van der Waals surface area contributed by atoms with Crippen LogP contribution in [0.2, 0.25) is 0 Å². The van der Waals surface area contributed by atoms with Gasteiger partial charge in [0.1, 0.15) is 6.54 Å². The highest BCUT2D eigenvalue weighted by Crippen LogP contribution is 2.27. The first-order valence-corrected chi connectivity index (χ1v) is 9.06. The lowest BCUT2D eigenvalue weighted by atomic mass is 10.0. The third-order valence-electron chi connectivity index (χ3n) is 3.46. The van der Waals surface area contributed by atoms with Gasteiger partial charge < -0.3 is 5.32 Å². The van der Waals surface area contributed by atoms with Gasteiger partial charge in [-0.25, -0.2) is 9.78 Å². The summed E-state index contributed by atoms with van der Waals surface area (Å²) >= 11 is 1.08. The molecule has 1 aromatic heterocycles. The van der Waals surface area contributed by atoms with Gasteiger partial charge in [0, 0.05) is 12.4 Å². The van der Waals surface area contributed by atoms with Gasteiger partial charge in [-0.2, -0.15) is 13.2 Å². The van der Waals surface area contributed by atoms with Crippen LogP contribution in [0.25, 0.3) is 5.69 Å². The van der Waals surface area contributed by atoms with Crippen LogP contribution in [-0.4, -0.2) is 40.0 Å². The molecule has 3 amide bonds. The van der Waals surface area contributed by atoms with Crippen molar-refractivity contribution in [3.05, 3.63) is 42.2 Å². The molecule has 10 heteroatoms. The summed E-state index contributed by atoms with van der Waals surface area (Å²) in [7, 11) is 0. The Labute approximate surface area is 158 Å². The second-order valence-electron chi connectivity index (χ2n) is 5.93. The summed E-state index contributed by atoms with van der Waals surface area (Å²) in [5.41, 5.74) is 2.03. The molecule has 1 heterocycles. The molecule has 0 aliphatic carbocycles. The predicted octanol–water partition coefficient (Wildman–Crippen LogP) is 3.48. The van der Waals surface area contributed by atoms with E-state index in [1.54, 1.807) is 17.7 Å². The van der Waals surface area contributed by atoms with Crippen LogP contribution in [0, 0.1) is 0 Å². The number of hydrogen-bond donors (Lipinski definition) is 2. The zero-order valence-electron chi connectivity index (χ0n) is 14.7. The van der Waals surface area contributed by atoms with E-state index in [4.69, 9.17) is 0 Å². The molecular weight excluding hydrogens is 381 g/mol. The number of rotatable bonds is 6. The number of amides is 3. The third kappa shape index (κ3) is 6.31. The maximum absolute atomic E-state index is 12.0. The molecule has 0 atom stereocenters. The highest BCUT2D eigenvalue weighted by molar-refractivity contribution is 7.99. The van der Waals surface area contributed by atoms with E-state index >= 15 is 0 Å². The van der Waals surface area contributed by atoms with Crippen LogP contribution in [0.5, 0.6) is 0 Å². The van der Waals surface area contributed by atoms with Crippen LogP contribution in [-0.2, 0) is 4.79 Å². The average molecular weight is 400 g/mol. The van der Waals surface area contributed by atoms with E-state index in [-0.39, 0.29) is 11.7 Å². The van der Waals surface area contributed by atoms with Crippen LogP contribution in [0.3, 0.4) is 0 Å². The quantitative estimate of drug-likeness (QED) is 0.728. The van der Waals surface area contributed by atoms with Crippen LogP contribution < -0.4 is 10.6 Å². The van der Waals surface area contributed by atoms with E-state index in [1.165, 1.54) is 0 Å². The van der Waals surface area contributed by atoms with Crippen molar-refractivity contribution >= 4 is 23.7 Å². The predicted molar refractivity (Wildman–Crippen MR) is 96.0 cm³/mol. The van der Waals surface area contributed by atoms with Crippen molar-refractivity contribution in [3.8, 4) is 5.69 Å². The van der Waals surface area contributed by atoms with Crippen molar-refractivity contribution in [2.75, 3.05) is 12.3 Å². The molecule has 0 aliphatic heterocycles. The minimum atomic E-state index is -4.54. The van der Waals surface area contributed by atoms with Gasteiger partial charge >= 0.3 is 12.2 Å². The maximum Gasteiger partial charge on any atom is 0.405 e. The lowest BCUT2D eigenvalue weighted by Crippen LogP contribution is -2.43. The number of aromatic nitrogens is 2. The maximum atomic E-state index is 12.0. The molecule has 0 fully saturated rings. The van der Waals surface area contributed by atoms with Crippen molar-refractivity contribution in [3.63, 3.8) is 0 Å². The number of nitrogens with one attached hydrogen (secondary N) is 2. The fraction of sp³-hybridized carbons (Fsp3) is 0.353. The first-order valence-electron chi connectivity index (χ1n) is 8.07. The van der Waals surface area contributed by atoms with E-state index in [1.807, 2.05) is 34.1 Å². The number of imide groups is 1. The monoisotopic (exact) mass is 400 g/mol. The average Bonchev–Trinajstić information content (AvgIpc) is 3.06. The highest BCUT2D eigenvalue weighted by atomic mass is 32.2. The lowest BCUT2D eigenvalue weighted by molar-refractivity contribution is -0.124. The van der Waals surface area contributed by atoms with Crippen molar-refractivity contribution in [2.24, 2.45) is 0 Å². The van der Waals surface area contributed by atoms with E-state index in [0.717, 1.165) is 23.0 Å². The molecular formula is C17H19F3N4O2S. The molecule has 0 saturated carbocycles. The number of hydrogen-bond acceptors (Lipinski definition) is 4. The number of urea groups is 1. The van der Waals surface area contributed by atoms with Crippen LogP contribution >= 0.6 is 11.8 Å². The molecule has 27 heavy (non-hydrogen) atoms. The third-order valence-corrected chi connectivity index (χ3v) is 4.43. The van der Waals surface area contributed by atoms with Gasteiger partial charge in [0.15, 0.2) is 5.16 Å². The summed E-state index contributed by atoms with van der Waals surface area (Å²) in [4.78, 5) is 27.3. The molecule has 1 aromatic carbocycles. The standard InChI is InChI=1S/C17H19F3N4O2S/c1-11(2)12-5-3-4-6-13(12)24-8-7-21-16(24)27-9-14(25)23-15(26)22-10-17(18,19)20/h3-8,11H,9-10H2,1-2H3,(H2,22,23,25,26). The normalized spacial score (nSPS) is 11.5. The fourth-order valence-corrected chi connectivity index (χ4v) is 3.06. The number of carbonyl (C=O) groups excluding carboxylic acids is 2. The molecule has 6 nitrogen and oxygen atoms in total. The number of para-hydroxylation sites is 1. The summed E-state index contributed by atoms with van der Waals surface area (Å²) in [6, 6.07) is 6.59. The van der Waals surface area contributed by atoms with Gasteiger partial charge in [-0.05, 0) is 17.5 Å². The smallest absolute Gasteiger partial charge is 0.329 e. The zero-order valence-corrected chi connectivity index (χ0v) is 15.5.